The van der Waals surface area contributed by atoms with Crippen LogP contribution in [0.15, 0.2) is 24.3 Å². The van der Waals surface area contributed by atoms with Crippen LogP contribution in [0, 0.1) is 0 Å². The topological polar surface area (TPSA) is 24.5 Å². The molecule has 1 atom stereocenters. The average Bonchev–Trinajstić information content (AvgIpc) is 2.97. The number of nitrogens with zero attached hydrogens (tertiary/aromatic N) is 1. The SMILES string of the molecule is CCNC(C)c1ccccc1OCCCN1CCCC1. The second-order valence-corrected chi connectivity index (χ2v) is 5.57. The van der Waals surface area contributed by atoms with Crippen molar-refractivity contribution in [3.05, 3.63) is 29.8 Å². The van der Waals surface area contributed by atoms with Crippen molar-refractivity contribution in [2.45, 2.75) is 39.2 Å². The summed E-state index contributed by atoms with van der Waals surface area (Å²) in [5, 5.41) is 3.45. The average molecular weight is 276 g/mol. The van der Waals surface area contributed by atoms with E-state index in [2.05, 4.69) is 48.3 Å². The Kier molecular flexibility index (Phi) is 6.34. The van der Waals surface area contributed by atoms with Gasteiger partial charge in [-0.2, -0.15) is 0 Å². The third kappa shape index (κ3) is 4.50. The van der Waals surface area contributed by atoms with Crippen LogP contribution in [0.4, 0.5) is 0 Å². The number of hydrogen-bond donors (Lipinski definition) is 1. The monoisotopic (exact) mass is 276 g/mol. The molecule has 0 spiro atoms. The zero-order valence-electron chi connectivity index (χ0n) is 12.9. The summed E-state index contributed by atoms with van der Waals surface area (Å²) < 4.78 is 6.00. The van der Waals surface area contributed by atoms with E-state index in [1.807, 2.05) is 0 Å². The Labute approximate surface area is 123 Å². The predicted molar refractivity (Wildman–Crippen MR) is 84.3 cm³/mol. The Hall–Kier alpha value is -1.06. The first-order valence-corrected chi connectivity index (χ1v) is 7.98. The van der Waals surface area contributed by atoms with E-state index in [1.165, 1.54) is 38.0 Å². The standard InChI is InChI=1S/C17H28N2O/c1-3-18-15(2)16-9-4-5-10-17(16)20-14-8-13-19-11-6-7-12-19/h4-5,9-10,15,18H,3,6-8,11-14H2,1-2H3. The Morgan fingerprint density at radius 2 is 2.00 bits per heavy atom. The molecule has 20 heavy (non-hydrogen) atoms. The number of para-hydroxylation sites is 1. The molecule has 3 heteroatoms. The largest absolute Gasteiger partial charge is 0.493 e. The summed E-state index contributed by atoms with van der Waals surface area (Å²) in [7, 11) is 0. The normalized spacial score (nSPS) is 17.3. The summed E-state index contributed by atoms with van der Waals surface area (Å²) in [6.45, 7) is 9.83. The van der Waals surface area contributed by atoms with Crippen LogP contribution in [0.2, 0.25) is 0 Å². The van der Waals surface area contributed by atoms with Crippen molar-refractivity contribution < 1.29 is 4.74 Å². The van der Waals surface area contributed by atoms with Crippen molar-refractivity contribution in [1.82, 2.24) is 10.2 Å². The van der Waals surface area contributed by atoms with E-state index >= 15 is 0 Å². The number of benzene rings is 1. The van der Waals surface area contributed by atoms with E-state index in [0.29, 0.717) is 6.04 Å². The molecule has 112 valence electrons. The zero-order chi connectivity index (χ0) is 14.2. The van der Waals surface area contributed by atoms with E-state index in [9.17, 15) is 0 Å². The van der Waals surface area contributed by atoms with Crippen molar-refractivity contribution in [3.63, 3.8) is 0 Å². The molecule has 0 amide bonds. The van der Waals surface area contributed by atoms with Crippen LogP contribution in [0.25, 0.3) is 0 Å². The van der Waals surface area contributed by atoms with E-state index < -0.39 is 0 Å². The molecule has 0 aromatic heterocycles. The molecule has 3 nitrogen and oxygen atoms in total. The van der Waals surface area contributed by atoms with Gasteiger partial charge in [0.2, 0.25) is 0 Å². The highest BCUT2D eigenvalue weighted by molar-refractivity contribution is 5.35. The molecule has 2 rings (SSSR count). The molecule has 1 saturated heterocycles. The quantitative estimate of drug-likeness (QED) is 0.738. The molecule has 1 aliphatic rings. The van der Waals surface area contributed by atoms with Crippen LogP contribution >= 0.6 is 0 Å². The molecule has 0 saturated carbocycles. The predicted octanol–water partition coefficient (Wildman–Crippen LogP) is 3.22. The molecule has 1 fully saturated rings. The lowest BCUT2D eigenvalue weighted by molar-refractivity contribution is 0.260. The Balaban J connectivity index is 1.79. The van der Waals surface area contributed by atoms with Crippen molar-refractivity contribution in [2.24, 2.45) is 0 Å². The van der Waals surface area contributed by atoms with Gasteiger partial charge in [-0.15, -0.1) is 0 Å². The molecule has 1 aromatic rings. The molecular formula is C17H28N2O. The van der Waals surface area contributed by atoms with Crippen molar-refractivity contribution in [2.75, 3.05) is 32.8 Å². The van der Waals surface area contributed by atoms with E-state index in [0.717, 1.165) is 25.3 Å². The van der Waals surface area contributed by atoms with Gasteiger partial charge in [0.1, 0.15) is 5.75 Å². The lowest BCUT2D eigenvalue weighted by atomic mass is 10.1. The van der Waals surface area contributed by atoms with Crippen LogP contribution < -0.4 is 10.1 Å². The van der Waals surface area contributed by atoms with Crippen LogP contribution in [0.1, 0.15) is 44.7 Å². The minimum atomic E-state index is 0.342. The molecule has 1 aromatic carbocycles. The number of rotatable bonds is 8. The van der Waals surface area contributed by atoms with E-state index in [1.54, 1.807) is 0 Å². The molecule has 0 bridgehead atoms. The Morgan fingerprint density at radius 1 is 1.25 bits per heavy atom. The fourth-order valence-corrected chi connectivity index (χ4v) is 2.86. The molecule has 0 radical (unpaired) electrons. The second-order valence-electron chi connectivity index (χ2n) is 5.57. The van der Waals surface area contributed by atoms with Crippen molar-refractivity contribution >= 4 is 0 Å². The summed E-state index contributed by atoms with van der Waals surface area (Å²) in [6, 6.07) is 8.72. The van der Waals surface area contributed by atoms with Crippen LogP contribution in [0.3, 0.4) is 0 Å². The van der Waals surface area contributed by atoms with Crippen LogP contribution in [0.5, 0.6) is 5.75 Å². The zero-order valence-corrected chi connectivity index (χ0v) is 12.9. The molecule has 1 heterocycles. The minimum Gasteiger partial charge on any atom is -0.493 e. The van der Waals surface area contributed by atoms with Gasteiger partial charge in [-0.05, 0) is 51.9 Å². The summed E-state index contributed by atoms with van der Waals surface area (Å²) in [5.74, 6) is 1.03. The third-order valence-corrected chi connectivity index (χ3v) is 3.97. The maximum absolute atomic E-state index is 6.00. The molecule has 1 N–H and O–H groups in total. The smallest absolute Gasteiger partial charge is 0.124 e. The highest BCUT2D eigenvalue weighted by atomic mass is 16.5. The van der Waals surface area contributed by atoms with Gasteiger partial charge in [-0.25, -0.2) is 0 Å². The second kappa shape index (κ2) is 8.28. The van der Waals surface area contributed by atoms with Gasteiger partial charge in [-0.1, -0.05) is 25.1 Å². The van der Waals surface area contributed by atoms with Gasteiger partial charge >= 0.3 is 0 Å². The highest BCUT2D eigenvalue weighted by Crippen LogP contribution is 2.24. The van der Waals surface area contributed by atoms with E-state index in [-0.39, 0.29) is 0 Å². The Bertz CT molecular complexity index is 388. The molecule has 1 aliphatic heterocycles. The number of likely N-dealkylation sites (tertiary alicyclic amines) is 1. The van der Waals surface area contributed by atoms with Crippen molar-refractivity contribution in [1.29, 1.82) is 0 Å². The van der Waals surface area contributed by atoms with Gasteiger partial charge in [-0.3, -0.25) is 0 Å². The van der Waals surface area contributed by atoms with Crippen molar-refractivity contribution in [3.8, 4) is 5.75 Å². The summed E-state index contributed by atoms with van der Waals surface area (Å²) >= 11 is 0. The third-order valence-electron chi connectivity index (χ3n) is 3.97. The minimum absolute atomic E-state index is 0.342. The number of hydrogen-bond acceptors (Lipinski definition) is 3. The van der Waals surface area contributed by atoms with Gasteiger partial charge in [0.15, 0.2) is 0 Å². The van der Waals surface area contributed by atoms with Gasteiger partial charge in [0, 0.05) is 18.2 Å². The summed E-state index contributed by atoms with van der Waals surface area (Å²) in [6.07, 6.45) is 3.84. The Morgan fingerprint density at radius 3 is 2.75 bits per heavy atom. The van der Waals surface area contributed by atoms with Gasteiger partial charge < -0.3 is 15.0 Å². The van der Waals surface area contributed by atoms with Gasteiger partial charge in [0.05, 0.1) is 6.61 Å². The number of ether oxygens (including phenoxy) is 1. The lowest BCUT2D eigenvalue weighted by Crippen LogP contribution is -2.22. The number of nitrogens with one attached hydrogen (secondary N) is 1. The first kappa shape index (κ1) is 15.3. The maximum atomic E-state index is 6.00. The first-order chi connectivity index (χ1) is 9.81. The summed E-state index contributed by atoms with van der Waals surface area (Å²) in [5.41, 5.74) is 1.26. The van der Waals surface area contributed by atoms with Crippen LogP contribution in [-0.4, -0.2) is 37.7 Å². The summed E-state index contributed by atoms with van der Waals surface area (Å²) in [4.78, 5) is 2.54. The van der Waals surface area contributed by atoms with E-state index in [4.69, 9.17) is 4.74 Å². The van der Waals surface area contributed by atoms with Crippen LogP contribution in [-0.2, 0) is 0 Å². The fraction of sp³-hybridized carbons (Fsp3) is 0.647. The maximum Gasteiger partial charge on any atom is 0.124 e. The molecule has 1 unspecified atom stereocenters. The molecule has 0 aliphatic carbocycles. The highest BCUT2D eigenvalue weighted by Gasteiger charge is 2.12. The molecular weight excluding hydrogens is 248 g/mol. The first-order valence-electron chi connectivity index (χ1n) is 7.98. The lowest BCUT2D eigenvalue weighted by Gasteiger charge is -2.18. The van der Waals surface area contributed by atoms with Gasteiger partial charge in [0.25, 0.3) is 0 Å². The fourth-order valence-electron chi connectivity index (χ4n) is 2.86.